The topological polar surface area (TPSA) is 49.3 Å². The lowest BCUT2D eigenvalue weighted by molar-refractivity contribution is -1.01. The lowest BCUT2D eigenvalue weighted by atomic mass is 10.1. The zero-order valence-corrected chi connectivity index (χ0v) is 19.1. The highest BCUT2D eigenvalue weighted by molar-refractivity contribution is 5.98. The fraction of sp³-hybridized carbons (Fsp3) is 0.542. The molecule has 0 radical (unpaired) electrons. The third-order valence-corrected chi connectivity index (χ3v) is 6.32. The maximum Gasteiger partial charge on any atom is 0.218 e. The number of rotatable bonds is 9. The van der Waals surface area contributed by atoms with Gasteiger partial charge >= 0.3 is 0 Å². The summed E-state index contributed by atoms with van der Waals surface area (Å²) in [5, 5.41) is 0. The minimum absolute atomic E-state index is 0.231. The standard InChI is InChI=1S/C24H35N3O3/c1-18-14-23(20(3)27(18)19(2)17-29-4)24(28)16-26-12-10-25(11-13-26)15-21-6-8-22(30-5)9-7-21/h6-9,14,19H,10-13,15-17H2,1-5H3/p+2/t19-/m0/s1. The zero-order chi connectivity index (χ0) is 21.7. The van der Waals surface area contributed by atoms with Gasteiger partial charge in [-0.15, -0.1) is 0 Å². The quantitative estimate of drug-likeness (QED) is 0.586. The molecule has 2 aromatic rings. The van der Waals surface area contributed by atoms with Crippen molar-refractivity contribution in [3.8, 4) is 5.75 Å². The van der Waals surface area contributed by atoms with Crippen molar-refractivity contribution in [2.45, 2.75) is 33.4 Å². The van der Waals surface area contributed by atoms with E-state index in [0.29, 0.717) is 13.2 Å². The van der Waals surface area contributed by atoms with Crippen molar-refractivity contribution in [3.63, 3.8) is 0 Å². The van der Waals surface area contributed by atoms with E-state index in [-0.39, 0.29) is 11.8 Å². The summed E-state index contributed by atoms with van der Waals surface area (Å²) in [6.45, 7) is 12.8. The first kappa shape index (κ1) is 22.5. The number of hydrogen-bond acceptors (Lipinski definition) is 3. The van der Waals surface area contributed by atoms with Crippen molar-refractivity contribution in [2.75, 3.05) is 53.6 Å². The van der Waals surface area contributed by atoms with Crippen LogP contribution in [0.15, 0.2) is 30.3 Å². The molecule has 0 unspecified atom stereocenters. The van der Waals surface area contributed by atoms with E-state index in [0.717, 1.165) is 55.4 Å². The summed E-state index contributed by atoms with van der Waals surface area (Å²) in [4.78, 5) is 16.0. The fourth-order valence-corrected chi connectivity index (χ4v) is 4.72. The number of ether oxygens (including phenoxy) is 2. The number of nitrogens with one attached hydrogen (secondary N) is 2. The van der Waals surface area contributed by atoms with E-state index in [1.165, 1.54) is 10.5 Å². The lowest BCUT2D eigenvalue weighted by Crippen LogP contribution is -3.27. The van der Waals surface area contributed by atoms with Gasteiger partial charge in [0.25, 0.3) is 0 Å². The molecule has 1 fully saturated rings. The van der Waals surface area contributed by atoms with Crippen molar-refractivity contribution >= 4 is 5.78 Å². The number of aryl methyl sites for hydroxylation is 1. The Hall–Kier alpha value is -2.15. The van der Waals surface area contributed by atoms with E-state index in [2.05, 4.69) is 43.5 Å². The Morgan fingerprint density at radius 1 is 1.07 bits per heavy atom. The van der Waals surface area contributed by atoms with Crippen LogP contribution in [0, 0.1) is 13.8 Å². The Balaban J connectivity index is 1.53. The van der Waals surface area contributed by atoms with Gasteiger partial charge in [0, 0.05) is 29.6 Å². The molecule has 0 aliphatic carbocycles. The monoisotopic (exact) mass is 415 g/mol. The van der Waals surface area contributed by atoms with Crippen molar-refractivity contribution < 1.29 is 24.1 Å². The van der Waals surface area contributed by atoms with E-state index < -0.39 is 0 Å². The van der Waals surface area contributed by atoms with Crippen LogP contribution in [-0.2, 0) is 11.3 Å². The van der Waals surface area contributed by atoms with Gasteiger partial charge in [0.1, 0.15) is 45.0 Å². The molecule has 3 rings (SSSR count). The van der Waals surface area contributed by atoms with Gasteiger partial charge in [0.2, 0.25) is 5.78 Å². The Bertz CT molecular complexity index is 836. The number of quaternary nitrogens is 2. The van der Waals surface area contributed by atoms with Crippen LogP contribution in [0.1, 0.15) is 40.3 Å². The Labute approximate surface area is 180 Å². The highest BCUT2D eigenvalue weighted by atomic mass is 16.5. The van der Waals surface area contributed by atoms with Crippen molar-refractivity contribution in [1.82, 2.24) is 4.57 Å². The van der Waals surface area contributed by atoms with E-state index in [9.17, 15) is 4.79 Å². The molecular weight excluding hydrogens is 378 g/mol. The van der Waals surface area contributed by atoms with Crippen LogP contribution in [0.3, 0.4) is 0 Å². The predicted octanol–water partition coefficient (Wildman–Crippen LogP) is 0.487. The third kappa shape index (κ3) is 5.31. The molecule has 1 atom stereocenters. The van der Waals surface area contributed by atoms with E-state index in [1.54, 1.807) is 19.1 Å². The van der Waals surface area contributed by atoms with Crippen LogP contribution in [-0.4, -0.2) is 63.9 Å². The first-order valence-electron chi connectivity index (χ1n) is 10.9. The van der Waals surface area contributed by atoms with Gasteiger partial charge < -0.3 is 23.8 Å². The Morgan fingerprint density at radius 3 is 2.30 bits per heavy atom. The number of Topliss-reactive ketones (excluding diaryl/α,β-unsaturated/α-hetero) is 1. The maximum atomic E-state index is 13.0. The van der Waals surface area contributed by atoms with Crippen molar-refractivity contribution in [3.05, 3.63) is 52.8 Å². The van der Waals surface area contributed by atoms with E-state index >= 15 is 0 Å². The largest absolute Gasteiger partial charge is 0.497 e. The normalized spacial score (nSPS) is 20.2. The second-order valence-corrected chi connectivity index (χ2v) is 8.58. The number of hydrogen-bond donors (Lipinski definition) is 2. The van der Waals surface area contributed by atoms with Crippen LogP contribution in [0.25, 0.3) is 0 Å². The average molecular weight is 416 g/mol. The molecule has 1 aliphatic rings. The number of carbonyl (C=O) groups excluding carboxylic acids is 1. The average Bonchev–Trinajstić information content (AvgIpc) is 3.04. The molecule has 0 spiro atoms. The highest BCUT2D eigenvalue weighted by Gasteiger charge is 2.27. The van der Waals surface area contributed by atoms with Gasteiger partial charge in [0.15, 0.2) is 0 Å². The van der Waals surface area contributed by atoms with Crippen LogP contribution >= 0.6 is 0 Å². The van der Waals surface area contributed by atoms with Gasteiger partial charge in [-0.3, -0.25) is 4.79 Å². The molecule has 1 saturated heterocycles. The highest BCUT2D eigenvalue weighted by Crippen LogP contribution is 2.20. The lowest BCUT2D eigenvalue weighted by Gasteiger charge is -2.29. The molecule has 30 heavy (non-hydrogen) atoms. The van der Waals surface area contributed by atoms with Crippen molar-refractivity contribution in [1.29, 1.82) is 0 Å². The number of piperazine rings is 1. The molecular formula is C24H37N3O3+2. The molecule has 164 valence electrons. The minimum atomic E-state index is 0.231. The molecule has 1 aliphatic heterocycles. The molecule has 0 amide bonds. The minimum Gasteiger partial charge on any atom is -0.497 e. The van der Waals surface area contributed by atoms with Crippen LogP contribution in [0.5, 0.6) is 5.75 Å². The number of methoxy groups -OCH3 is 2. The van der Waals surface area contributed by atoms with Gasteiger partial charge in [-0.2, -0.15) is 0 Å². The smallest absolute Gasteiger partial charge is 0.218 e. The summed E-state index contributed by atoms with van der Waals surface area (Å²) in [7, 11) is 3.41. The second kappa shape index (κ2) is 10.2. The van der Waals surface area contributed by atoms with Crippen LogP contribution in [0.2, 0.25) is 0 Å². The van der Waals surface area contributed by atoms with Crippen molar-refractivity contribution in [2.24, 2.45) is 0 Å². The molecule has 0 saturated carbocycles. The molecule has 0 bridgehead atoms. The summed E-state index contributed by atoms with van der Waals surface area (Å²) in [6.07, 6.45) is 0. The van der Waals surface area contributed by atoms with Gasteiger partial charge in [-0.05, 0) is 51.1 Å². The number of benzene rings is 1. The summed E-state index contributed by atoms with van der Waals surface area (Å²) in [5.41, 5.74) is 4.40. The Kier molecular flexibility index (Phi) is 7.69. The summed E-state index contributed by atoms with van der Waals surface area (Å²) < 4.78 is 12.8. The summed E-state index contributed by atoms with van der Waals surface area (Å²) in [5.74, 6) is 1.16. The summed E-state index contributed by atoms with van der Waals surface area (Å²) >= 11 is 0. The van der Waals surface area contributed by atoms with Gasteiger partial charge in [-0.1, -0.05) is 0 Å². The number of aromatic nitrogens is 1. The first-order chi connectivity index (χ1) is 14.4. The SMILES string of the molecule is COC[C@H](C)n1c(C)cc(C(=O)C[NH+]2CC[NH+](Cc3ccc(OC)cc3)CC2)c1C. The molecule has 1 aromatic heterocycles. The molecule has 6 heteroatoms. The number of ketones is 1. The van der Waals surface area contributed by atoms with E-state index in [1.807, 2.05) is 12.1 Å². The second-order valence-electron chi connectivity index (χ2n) is 8.58. The number of nitrogens with zero attached hydrogens (tertiary/aromatic N) is 1. The van der Waals surface area contributed by atoms with Gasteiger partial charge in [-0.25, -0.2) is 0 Å². The van der Waals surface area contributed by atoms with Crippen LogP contribution < -0.4 is 14.5 Å². The number of carbonyl (C=O) groups is 1. The molecule has 6 nitrogen and oxygen atoms in total. The fourth-order valence-electron chi connectivity index (χ4n) is 4.72. The zero-order valence-electron chi connectivity index (χ0n) is 19.1. The molecule has 1 aromatic carbocycles. The Morgan fingerprint density at radius 2 is 1.70 bits per heavy atom. The van der Waals surface area contributed by atoms with Gasteiger partial charge in [0.05, 0.1) is 19.8 Å². The predicted molar refractivity (Wildman–Crippen MR) is 118 cm³/mol. The van der Waals surface area contributed by atoms with E-state index in [4.69, 9.17) is 9.47 Å². The third-order valence-electron chi connectivity index (χ3n) is 6.32. The first-order valence-corrected chi connectivity index (χ1v) is 10.9. The maximum absolute atomic E-state index is 13.0. The summed E-state index contributed by atoms with van der Waals surface area (Å²) in [6, 6.07) is 10.6. The molecule has 2 heterocycles. The molecule has 2 N–H and O–H groups in total. The van der Waals surface area contributed by atoms with Crippen LogP contribution in [0.4, 0.5) is 0 Å².